The lowest BCUT2D eigenvalue weighted by molar-refractivity contribution is -0.127. The number of carbonyl (C=O) groups excluding carboxylic acids is 1. The summed E-state index contributed by atoms with van der Waals surface area (Å²) in [6, 6.07) is 9.94. The van der Waals surface area contributed by atoms with Crippen LogP contribution in [-0.2, 0) is 14.8 Å². The lowest BCUT2D eigenvalue weighted by Gasteiger charge is -2.32. The number of nitrogens with one attached hydrogen (secondary N) is 1. The largest absolute Gasteiger partial charge is 0.349 e. The molecule has 1 fully saturated rings. The molecule has 2 atom stereocenters. The first-order valence-electron chi connectivity index (χ1n) is 9.16. The summed E-state index contributed by atoms with van der Waals surface area (Å²) in [6.07, 6.45) is 2.34. The molecule has 1 aliphatic heterocycles. The van der Waals surface area contributed by atoms with Gasteiger partial charge in [-0.2, -0.15) is 0 Å². The van der Waals surface area contributed by atoms with Gasteiger partial charge in [0, 0.05) is 13.1 Å². The molecule has 0 aliphatic carbocycles. The summed E-state index contributed by atoms with van der Waals surface area (Å²) in [5, 5.41) is 3.16. The Hall–Kier alpha value is -1.40. The van der Waals surface area contributed by atoms with Gasteiger partial charge in [-0.1, -0.05) is 44.2 Å². The van der Waals surface area contributed by atoms with Gasteiger partial charge in [0.05, 0.1) is 17.7 Å². The highest BCUT2D eigenvalue weighted by atomic mass is 32.2. The van der Waals surface area contributed by atoms with E-state index >= 15 is 0 Å². The van der Waals surface area contributed by atoms with E-state index in [1.165, 1.54) is 4.31 Å². The maximum atomic E-state index is 12.8. The minimum atomic E-state index is -3.23. The van der Waals surface area contributed by atoms with E-state index in [0.717, 1.165) is 24.8 Å². The molecule has 140 valence electrons. The van der Waals surface area contributed by atoms with Gasteiger partial charge in [-0.3, -0.25) is 4.79 Å². The minimum absolute atomic E-state index is 0.0353. The molecule has 0 saturated carbocycles. The summed E-state index contributed by atoms with van der Waals surface area (Å²) in [4.78, 5) is 12.8. The molecule has 1 N–H and O–H groups in total. The lowest BCUT2D eigenvalue weighted by Crippen LogP contribution is -2.46. The molecule has 0 radical (unpaired) electrons. The van der Waals surface area contributed by atoms with E-state index in [-0.39, 0.29) is 23.6 Å². The first kappa shape index (κ1) is 19.9. The smallest absolute Gasteiger partial charge is 0.224 e. The average Bonchev–Trinajstić information content (AvgIpc) is 2.61. The molecule has 1 amide bonds. The summed E-state index contributed by atoms with van der Waals surface area (Å²) in [5.41, 5.74) is 1.10. The van der Waals surface area contributed by atoms with Crippen LogP contribution in [0, 0.1) is 11.8 Å². The number of piperidine rings is 1. The Morgan fingerprint density at radius 3 is 2.56 bits per heavy atom. The van der Waals surface area contributed by atoms with Crippen molar-refractivity contribution < 1.29 is 13.2 Å². The topological polar surface area (TPSA) is 66.5 Å². The Morgan fingerprint density at radius 1 is 1.28 bits per heavy atom. The van der Waals surface area contributed by atoms with E-state index in [9.17, 15) is 13.2 Å². The molecule has 2 rings (SSSR count). The predicted octanol–water partition coefficient (Wildman–Crippen LogP) is 2.95. The highest BCUT2D eigenvalue weighted by molar-refractivity contribution is 7.89. The van der Waals surface area contributed by atoms with E-state index in [0.29, 0.717) is 19.0 Å². The Bertz CT molecular complexity index is 659. The third-order valence-electron chi connectivity index (χ3n) is 4.74. The summed E-state index contributed by atoms with van der Waals surface area (Å²) in [6.45, 7) is 6.74. The maximum Gasteiger partial charge on any atom is 0.224 e. The van der Waals surface area contributed by atoms with Gasteiger partial charge in [0.1, 0.15) is 0 Å². The second-order valence-corrected chi connectivity index (χ2v) is 9.46. The SMILES string of the molecule is CCS(=O)(=O)N1CCCC(C(=O)NC(CC(C)C)c2ccccc2)C1. The number of rotatable bonds is 7. The molecular formula is C19H30N2O3S. The summed E-state index contributed by atoms with van der Waals surface area (Å²) in [7, 11) is -3.23. The highest BCUT2D eigenvalue weighted by Crippen LogP contribution is 2.24. The lowest BCUT2D eigenvalue weighted by atomic mass is 9.94. The summed E-state index contributed by atoms with van der Waals surface area (Å²) >= 11 is 0. The first-order chi connectivity index (χ1) is 11.8. The average molecular weight is 367 g/mol. The molecule has 0 aromatic heterocycles. The highest BCUT2D eigenvalue weighted by Gasteiger charge is 2.32. The molecule has 25 heavy (non-hydrogen) atoms. The van der Waals surface area contributed by atoms with Crippen LogP contribution >= 0.6 is 0 Å². The Kier molecular flexibility index (Phi) is 7.02. The van der Waals surface area contributed by atoms with Gasteiger partial charge in [-0.05, 0) is 37.7 Å². The van der Waals surface area contributed by atoms with Gasteiger partial charge in [0.2, 0.25) is 15.9 Å². The second kappa shape index (κ2) is 8.81. The van der Waals surface area contributed by atoms with Crippen molar-refractivity contribution in [2.45, 2.75) is 46.1 Å². The van der Waals surface area contributed by atoms with Crippen LogP contribution in [0.3, 0.4) is 0 Å². The van der Waals surface area contributed by atoms with Crippen LogP contribution in [0.15, 0.2) is 30.3 Å². The van der Waals surface area contributed by atoms with Crippen molar-refractivity contribution in [1.82, 2.24) is 9.62 Å². The molecule has 1 heterocycles. The molecule has 2 unspecified atom stereocenters. The number of carbonyl (C=O) groups is 1. The van der Waals surface area contributed by atoms with E-state index in [1.807, 2.05) is 30.3 Å². The molecular weight excluding hydrogens is 336 g/mol. The summed E-state index contributed by atoms with van der Waals surface area (Å²) < 4.78 is 25.7. The monoisotopic (exact) mass is 366 g/mol. The molecule has 5 nitrogen and oxygen atoms in total. The van der Waals surface area contributed by atoms with E-state index in [4.69, 9.17) is 0 Å². The molecule has 0 bridgehead atoms. The number of hydrogen-bond donors (Lipinski definition) is 1. The van der Waals surface area contributed by atoms with Gasteiger partial charge in [-0.15, -0.1) is 0 Å². The van der Waals surface area contributed by atoms with E-state index < -0.39 is 10.0 Å². The first-order valence-corrected chi connectivity index (χ1v) is 10.8. The second-order valence-electron chi connectivity index (χ2n) is 7.20. The van der Waals surface area contributed by atoms with Crippen LogP contribution in [0.4, 0.5) is 0 Å². The minimum Gasteiger partial charge on any atom is -0.349 e. The zero-order chi connectivity index (χ0) is 18.4. The normalized spacial score (nSPS) is 20.4. The fourth-order valence-electron chi connectivity index (χ4n) is 3.32. The van der Waals surface area contributed by atoms with Crippen LogP contribution < -0.4 is 5.32 Å². The Balaban J connectivity index is 2.07. The Morgan fingerprint density at radius 2 is 1.96 bits per heavy atom. The van der Waals surface area contributed by atoms with Crippen molar-refractivity contribution in [3.8, 4) is 0 Å². The molecule has 1 saturated heterocycles. The van der Waals surface area contributed by atoms with Crippen molar-refractivity contribution in [3.63, 3.8) is 0 Å². The van der Waals surface area contributed by atoms with Crippen molar-refractivity contribution in [2.24, 2.45) is 11.8 Å². The molecule has 1 aromatic rings. The van der Waals surface area contributed by atoms with Crippen molar-refractivity contribution >= 4 is 15.9 Å². The van der Waals surface area contributed by atoms with Crippen LogP contribution in [-0.4, -0.2) is 37.5 Å². The number of benzene rings is 1. The molecule has 1 aromatic carbocycles. The molecule has 0 spiro atoms. The zero-order valence-electron chi connectivity index (χ0n) is 15.4. The van der Waals surface area contributed by atoms with E-state index in [2.05, 4.69) is 19.2 Å². The third kappa shape index (κ3) is 5.54. The van der Waals surface area contributed by atoms with Crippen LogP contribution in [0.5, 0.6) is 0 Å². The van der Waals surface area contributed by atoms with Crippen molar-refractivity contribution in [3.05, 3.63) is 35.9 Å². The molecule has 1 aliphatic rings. The van der Waals surface area contributed by atoms with Crippen molar-refractivity contribution in [2.75, 3.05) is 18.8 Å². The standard InChI is InChI=1S/C19H30N2O3S/c1-4-25(23,24)21-12-8-11-17(14-21)19(22)20-18(13-15(2)3)16-9-6-5-7-10-16/h5-7,9-10,15,17-18H,4,8,11-14H2,1-3H3,(H,20,22). The van der Waals surface area contributed by atoms with Crippen LogP contribution in [0.1, 0.15) is 51.6 Å². The number of hydrogen-bond acceptors (Lipinski definition) is 3. The van der Waals surface area contributed by atoms with Gasteiger partial charge in [-0.25, -0.2) is 12.7 Å². The quantitative estimate of drug-likeness (QED) is 0.807. The van der Waals surface area contributed by atoms with E-state index in [1.54, 1.807) is 6.92 Å². The fraction of sp³-hybridized carbons (Fsp3) is 0.632. The van der Waals surface area contributed by atoms with Gasteiger partial charge in [0.15, 0.2) is 0 Å². The molecule has 6 heteroatoms. The van der Waals surface area contributed by atoms with Gasteiger partial charge in [0.25, 0.3) is 0 Å². The van der Waals surface area contributed by atoms with Gasteiger partial charge < -0.3 is 5.32 Å². The van der Waals surface area contributed by atoms with Gasteiger partial charge >= 0.3 is 0 Å². The van der Waals surface area contributed by atoms with Crippen molar-refractivity contribution in [1.29, 1.82) is 0 Å². The number of amides is 1. The van der Waals surface area contributed by atoms with Crippen LogP contribution in [0.2, 0.25) is 0 Å². The fourth-order valence-corrected chi connectivity index (χ4v) is 4.50. The zero-order valence-corrected chi connectivity index (χ0v) is 16.3. The number of nitrogens with zero attached hydrogens (tertiary/aromatic N) is 1. The summed E-state index contributed by atoms with van der Waals surface area (Å²) in [5.74, 6) is 0.231. The predicted molar refractivity (Wildman–Crippen MR) is 101 cm³/mol. The Labute approximate surface area is 151 Å². The number of sulfonamides is 1. The van der Waals surface area contributed by atoms with Crippen LogP contribution in [0.25, 0.3) is 0 Å². The third-order valence-corrected chi connectivity index (χ3v) is 6.59. The maximum absolute atomic E-state index is 12.8.